The van der Waals surface area contributed by atoms with E-state index in [-0.39, 0.29) is 30.3 Å². The zero-order valence-electron chi connectivity index (χ0n) is 9.98. The predicted octanol–water partition coefficient (Wildman–Crippen LogP) is 2.48. The van der Waals surface area contributed by atoms with Crippen LogP contribution in [0.25, 0.3) is 0 Å². The number of hydrogen-bond acceptors (Lipinski definition) is 2. The Kier molecular flexibility index (Phi) is 4.97. The minimum atomic E-state index is -0.0127. The van der Waals surface area contributed by atoms with Crippen LogP contribution >= 0.6 is 12.4 Å². The number of benzene rings is 1. The molecule has 1 aromatic rings. The molecule has 2 rings (SSSR count). The Labute approximate surface area is 108 Å². The molecule has 94 valence electrons. The molecular weight excluding hydrogens is 236 g/mol. The van der Waals surface area contributed by atoms with Crippen LogP contribution < -0.4 is 11.1 Å². The van der Waals surface area contributed by atoms with E-state index >= 15 is 0 Å². The second-order valence-corrected chi connectivity index (χ2v) is 4.56. The van der Waals surface area contributed by atoms with E-state index in [0.29, 0.717) is 0 Å². The van der Waals surface area contributed by atoms with Crippen LogP contribution in [0.2, 0.25) is 0 Å². The monoisotopic (exact) mass is 254 g/mol. The highest BCUT2D eigenvalue weighted by molar-refractivity contribution is 5.93. The molecule has 0 heterocycles. The van der Waals surface area contributed by atoms with Gasteiger partial charge in [-0.1, -0.05) is 24.1 Å². The molecule has 1 amide bonds. The average Bonchev–Trinajstić information content (AvgIpc) is 2.68. The molecule has 0 saturated heterocycles. The van der Waals surface area contributed by atoms with Gasteiger partial charge in [0, 0.05) is 11.7 Å². The van der Waals surface area contributed by atoms with Crippen molar-refractivity contribution in [2.45, 2.75) is 32.2 Å². The van der Waals surface area contributed by atoms with Crippen LogP contribution in [-0.4, -0.2) is 11.9 Å². The molecule has 2 unspecified atom stereocenters. The lowest BCUT2D eigenvalue weighted by Gasteiger charge is -2.15. The predicted molar refractivity (Wildman–Crippen MR) is 72.4 cm³/mol. The Bertz CT molecular complexity index is 378. The van der Waals surface area contributed by atoms with Gasteiger partial charge >= 0.3 is 0 Å². The molecule has 0 aromatic heterocycles. The number of nitrogens with one attached hydrogen (secondary N) is 1. The summed E-state index contributed by atoms with van der Waals surface area (Å²) in [6, 6.07) is 7.86. The van der Waals surface area contributed by atoms with E-state index in [1.165, 1.54) is 5.56 Å². The first kappa shape index (κ1) is 14.0. The smallest absolute Gasteiger partial charge is 0.229 e. The number of anilines is 1. The second kappa shape index (κ2) is 6.03. The lowest BCUT2D eigenvalue weighted by atomic mass is 10.0. The maximum atomic E-state index is 11.9. The topological polar surface area (TPSA) is 55.1 Å². The van der Waals surface area contributed by atoms with Gasteiger partial charge in [-0.15, -0.1) is 12.4 Å². The zero-order valence-corrected chi connectivity index (χ0v) is 10.8. The van der Waals surface area contributed by atoms with Crippen LogP contribution in [-0.2, 0) is 4.79 Å². The van der Waals surface area contributed by atoms with Gasteiger partial charge in [-0.2, -0.15) is 0 Å². The lowest BCUT2D eigenvalue weighted by molar-refractivity contribution is -0.120. The number of aryl methyl sites for hydroxylation is 1. The summed E-state index contributed by atoms with van der Waals surface area (Å²) in [5.41, 5.74) is 7.94. The molecule has 0 bridgehead atoms. The highest BCUT2D eigenvalue weighted by Crippen LogP contribution is 2.25. The summed E-state index contributed by atoms with van der Waals surface area (Å²) < 4.78 is 0. The average molecular weight is 255 g/mol. The summed E-state index contributed by atoms with van der Waals surface area (Å²) in [5.74, 6) is 0.0511. The number of hydrogen-bond donors (Lipinski definition) is 2. The molecule has 1 aliphatic rings. The molecule has 0 aliphatic heterocycles. The van der Waals surface area contributed by atoms with Gasteiger partial charge in [-0.3, -0.25) is 4.79 Å². The van der Waals surface area contributed by atoms with Crippen LogP contribution in [0.3, 0.4) is 0 Å². The lowest BCUT2D eigenvalue weighted by Crippen LogP contribution is -2.34. The number of carbonyl (C=O) groups is 1. The molecule has 3 nitrogen and oxygen atoms in total. The van der Waals surface area contributed by atoms with Crippen molar-refractivity contribution in [2.75, 3.05) is 5.32 Å². The van der Waals surface area contributed by atoms with Crippen LogP contribution in [0.15, 0.2) is 24.3 Å². The largest absolute Gasteiger partial charge is 0.327 e. The van der Waals surface area contributed by atoms with Crippen LogP contribution in [0.4, 0.5) is 5.69 Å². The molecule has 1 aromatic carbocycles. The van der Waals surface area contributed by atoms with Gasteiger partial charge in [-0.25, -0.2) is 0 Å². The SMILES string of the molecule is Cc1ccc(NC(=O)C2CCCC2N)cc1.Cl. The van der Waals surface area contributed by atoms with Gasteiger partial charge in [0.05, 0.1) is 5.92 Å². The van der Waals surface area contributed by atoms with E-state index in [0.717, 1.165) is 24.9 Å². The number of amides is 1. The van der Waals surface area contributed by atoms with Crippen molar-refractivity contribution in [3.8, 4) is 0 Å². The van der Waals surface area contributed by atoms with Gasteiger partial charge in [0.2, 0.25) is 5.91 Å². The molecule has 4 heteroatoms. The van der Waals surface area contributed by atoms with Crippen molar-refractivity contribution in [3.63, 3.8) is 0 Å². The molecule has 1 fully saturated rings. The third-order valence-electron chi connectivity index (χ3n) is 3.23. The van der Waals surface area contributed by atoms with E-state index in [1.807, 2.05) is 31.2 Å². The van der Waals surface area contributed by atoms with E-state index in [9.17, 15) is 4.79 Å². The van der Waals surface area contributed by atoms with Gasteiger partial charge in [0.25, 0.3) is 0 Å². The minimum absolute atomic E-state index is 0. The molecule has 0 spiro atoms. The zero-order chi connectivity index (χ0) is 11.5. The summed E-state index contributed by atoms with van der Waals surface area (Å²) >= 11 is 0. The standard InChI is InChI=1S/C13H18N2O.ClH/c1-9-5-7-10(8-6-9)15-13(16)11-3-2-4-12(11)14;/h5-8,11-12H,2-4,14H2,1H3,(H,15,16);1H. The first-order valence-electron chi connectivity index (χ1n) is 5.80. The quantitative estimate of drug-likeness (QED) is 0.852. The van der Waals surface area contributed by atoms with Crippen molar-refractivity contribution < 1.29 is 4.79 Å². The van der Waals surface area contributed by atoms with E-state index in [2.05, 4.69) is 5.32 Å². The second-order valence-electron chi connectivity index (χ2n) is 4.56. The molecule has 3 N–H and O–H groups in total. The van der Waals surface area contributed by atoms with Crippen LogP contribution in [0, 0.1) is 12.8 Å². The van der Waals surface area contributed by atoms with Gasteiger partial charge in [0.1, 0.15) is 0 Å². The highest BCUT2D eigenvalue weighted by atomic mass is 35.5. The van der Waals surface area contributed by atoms with Crippen molar-refractivity contribution in [1.82, 2.24) is 0 Å². The Morgan fingerprint density at radius 3 is 2.47 bits per heavy atom. The molecule has 17 heavy (non-hydrogen) atoms. The van der Waals surface area contributed by atoms with Gasteiger partial charge in [-0.05, 0) is 31.9 Å². The van der Waals surface area contributed by atoms with Gasteiger partial charge in [0.15, 0.2) is 0 Å². The summed E-state index contributed by atoms with van der Waals surface area (Å²) in [4.78, 5) is 11.9. The van der Waals surface area contributed by atoms with Crippen molar-refractivity contribution >= 4 is 24.0 Å². The third-order valence-corrected chi connectivity index (χ3v) is 3.23. The molecule has 1 aliphatic carbocycles. The summed E-state index contributed by atoms with van der Waals surface area (Å²) in [7, 11) is 0. The number of rotatable bonds is 2. The van der Waals surface area contributed by atoms with Crippen molar-refractivity contribution in [1.29, 1.82) is 0 Å². The maximum Gasteiger partial charge on any atom is 0.229 e. The fourth-order valence-corrected chi connectivity index (χ4v) is 2.19. The van der Waals surface area contributed by atoms with Crippen LogP contribution in [0.5, 0.6) is 0 Å². The fraction of sp³-hybridized carbons (Fsp3) is 0.462. The Morgan fingerprint density at radius 1 is 1.29 bits per heavy atom. The first-order valence-corrected chi connectivity index (χ1v) is 5.80. The van der Waals surface area contributed by atoms with E-state index < -0.39 is 0 Å². The van der Waals surface area contributed by atoms with Crippen molar-refractivity contribution in [2.24, 2.45) is 11.7 Å². The number of carbonyl (C=O) groups excluding carboxylic acids is 1. The maximum absolute atomic E-state index is 11.9. The minimum Gasteiger partial charge on any atom is -0.327 e. The Balaban J connectivity index is 0.00000144. The van der Waals surface area contributed by atoms with Gasteiger partial charge < -0.3 is 11.1 Å². The van der Waals surface area contributed by atoms with Crippen molar-refractivity contribution in [3.05, 3.63) is 29.8 Å². The summed E-state index contributed by atoms with van der Waals surface area (Å²) in [5, 5.41) is 2.92. The Morgan fingerprint density at radius 2 is 1.94 bits per heavy atom. The number of nitrogens with two attached hydrogens (primary N) is 1. The van der Waals surface area contributed by atoms with E-state index in [4.69, 9.17) is 5.73 Å². The van der Waals surface area contributed by atoms with E-state index in [1.54, 1.807) is 0 Å². The summed E-state index contributed by atoms with van der Waals surface area (Å²) in [6.45, 7) is 2.03. The molecule has 0 radical (unpaired) electrons. The first-order chi connectivity index (χ1) is 7.66. The third kappa shape index (κ3) is 3.45. The number of halogens is 1. The molecule has 1 saturated carbocycles. The molecular formula is C13H19ClN2O. The highest BCUT2D eigenvalue weighted by Gasteiger charge is 2.30. The Hall–Kier alpha value is -1.06. The fourth-order valence-electron chi connectivity index (χ4n) is 2.19. The molecule has 2 atom stereocenters. The summed E-state index contributed by atoms with van der Waals surface area (Å²) in [6.07, 6.45) is 2.94. The van der Waals surface area contributed by atoms with Crippen LogP contribution in [0.1, 0.15) is 24.8 Å². The normalized spacial score (nSPS) is 22.9.